The van der Waals surface area contributed by atoms with Gasteiger partial charge in [-0.25, -0.2) is 9.18 Å². The van der Waals surface area contributed by atoms with E-state index in [1.165, 1.54) is 4.90 Å². The highest BCUT2D eigenvalue weighted by molar-refractivity contribution is 5.69. The number of carbonyl (C=O) groups is 1. The Bertz CT molecular complexity index is 744. The van der Waals surface area contributed by atoms with Crippen LogP contribution in [0, 0.1) is 0 Å². The lowest BCUT2D eigenvalue weighted by atomic mass is 9.95. The van der Waals surface area contributed by atoms with E-state index < -0.39 is 49.3 Å². The number of ether oxygens (including phenoxy) is 1. The van der Waals surface area contributed by atoms with Crippen molar-refractivity contribution in [2.75, 3.05) is 6.61 Å². The number of alkyl halides is 3. The Morgan fingerprint density at radius 1 is 1.33 bits per heavy atom. The van der Waals surface area contributed by atoms with Crippen LogP contribution in [0.15, 0.2) is 0 Å². The van der Waals surface area contributed by atoms with Gasteiger partial charge in [0.05, 0.1) is 25.4 Å². The maximum atomic E-state index is 14.8. The molecule has 2 aliphatic rings. The minimum Gasteiger partial charge on any atom is -0.444 e. The molecule has 1 N–H and O–H groups in total. The molecule has 6 nitrogen and oxygen atoms in total. The molecule has 0 bridgehead atoms. The molecule has 0 aromatic carbocycles. The third-order valence-corrected chi connectivity index (χ3v) is 5.06. The highest BCUT2D eigenvalue weighted by Crippen LogP contribution is 2.44. The van der Waals surface area contributed by atoms with Gasteiger partial charge in [-0.1, -0.05) is 0 Å². The Balaban J connectivity index is 1.98. The number of hydrogen-bond donors (Lipinski definition) is 1. The molecule has 0 unspecified atom stereocenters. The number of aliphatic hydroxyl groups excluding tert-OH is 1. The number of aromatic nitrogens is 2. The van der Waals surface area contributed by atoms with E-state index in [1.807, 2.05) is 0 Å². The first-order chi connectivity index (χ1) is 12.4. The van der Waals surface area contributed by atoms with Crippen molar-refractivity contribution in [2.24, 2.45) is 0 Å². The second-order valence-electron chi connectivity index (χ2n) is 8.61. The van der Waals surface area contributed by atoms with E-state index in [1.54, 1.807) is 27.7 Å². The highest BCUT2D eigenvalue weighted by atomic mass is 19.3. The predicted molar refractivity (Wildman–Crippen MR) is 91.2 cm³/mol. The fourth-order valence-corrected chi connectivity index (χ4v) is 3.66. The van der Waals surface area contributed by atoms with Gasteiger partial charge in [0.25, 0.3) is 5.92 Å². The van der Waals surface area contributed by atoms with Crippen LogP contribution < -0.4 is 0 Å². The summed E-state index contributed by atoms with van der Waals surface area (Å²) in [5, 5.41) is 13.5. The molecule has 0 saturated carbocycles. The quantitative estimate of drug-likeness (QED) is 0.801. The molecule has 3 rings (SSSR count). The molecule has 1 amide bonds. The number of fused-ring (bicyclic) bond motifs is 3. The van der Waals surface area contributed by atoms with E-state index in [-0.39, 0.29) is 30.3 Å². The summed E-state index contributed by atoms with van der Waals surface area (Å²) < 4.78 is 50.7. The molecule has 1 aromatic rings. The van der Waals surface area contributed by atoms with E-state index in [4.69, 9.17) is 4.74 Å². The lowest BCUT2D eigenvalue weighted by Crippen LogP contribution is -2.45. The lowest BCUT2D eigenvalue weighted by molar-refractivity contribution is -0.0331. The number of aliphatic hydroxyl groups is 1. The Kier molecular flexibility index (Phi) is 4.73. The minimum atomic E-state index is -3.29. The summed E-state index contributed by atoms with van der Waals surface area (Å²) in [5.41, 5.74) is -2.50. The van der Waals surface area contributed by atoms with Crippen LogP contribution in [0.4, 0.5) is 18.0 Å². The molecule has 9 heteroatoms. The largest absolute Gasteiger partial charge is 0.444 e. The van der Waals surface area contributed by atoms with Crippen molar-refractivity contribution >= 4 is 6.09 Å². The molecule has 2 aliphatic heterocycles. The molecule has 0 radical (unpaired) electrons. The molecule has 3 heterocycles. The predicted octanol–water partition coefficient (Wildman–Crippen LogP) is 3.15. The Labute approximate surface area is 156 Å². The van der Waals surface area contributed by atoms with E-state index in [9.17, 15) is 23.1 Å². The van der Waals surface area contributed by atoms with Gasteiger partial charge in [-0.2, -0.15) is 13.9 Å². The zero-order valence-corrected chi connectivity index (χ0v) is 16.1. The second kappa shape index (κ2) is 6.39. The second-order valence-corrected chi connectivity index (χ2v) is 8.61. The van der Waals surface area contributed by atoms with E-state index in [2.05, 4.69) is 5.10 Å². The number of amides is 1. The highest BCUT2D eigenvalue weighted by Gasteiger charge is 2.48. The van der Waals surface area contributed by atoms with Gasteiger partial charge >= 0.3 is 6.09 Å². The third kappa shape index (κ3) is 3.79. The van der Waals surface area contributed by atoms with Crippen molar-refractivity contribution < 1.29 is 27.8 Å². The molecule has 1 aromatic heterocycles. The van der Waals surface area contributed by atoms with E-state index in [0.29, 0.717) is 5.69 Å². The molecular weight excluding hydrogens is 363 g/mol. The van der Waals surface area contributed by atoms with Gasteiger partial charge in [-0.15, -0.1) is 0 Å². The molecule has 0 saturated heterocycles. The molecule has 2 atom stereocenters. The summed E-state index contributed by atoms with van der Waals surface area (Å²) in [4.78, 5) is 13.9. The summed E-state index contributed by atoms with van der Waals surface area (Å²) in [6.07, 6.45) is -1.47. The monoisotopic (exact) mass is 389 g/mol. The fourth-order valence-electron chi connectivity index (χ4n) is 3.66. The zero-order valence-electron chi connectivity index (χ0n) is 16.1. The van der Waals surface area contributed by atoms with Crippen LogP contribution in [-0.4, -0.2) is 49.8 Å². The number of nitrogens with zero attached hydrogens (tertiary/aromatic N) is 3. The molecule has 27 heavy (non-hydrogen) atoms. The van der Waals surface area contributed by atoms with Gasteiger partial charge in [0.2, 0.25) is 0 Å². The topological polar surface area (TPSA) is 67.6 Å². The molecule has 0 aliphatic carbocycles. The van der Waals surface area contributed by atoms with Crippen molar-refractivity contribution in [3.05, 3.63) is 17.0 Å². The molecule has 0 spiro atoms. The maximum absolute atomic E-state index is 14.8. The summed E-state index contributed by atoms with van der Waals surface area (Å²) in [6.45, 7) is 5.68. The van der Waals surface area contributed by atoms with Gasteiger partial charge in [0.15, 0.2) is 5.67 Å². The van der Waals surface area contributed by atoms with Crippen molar-refractivity contribution in [1.29, 1.82) is 0 Å². The summed E-state index contributed by atoms with van der Waals surface area (Å²) in [5.74, 6) is -3.29. The van der Waals surface area contributed by atoms with Gasteiger partial charge < -0.3 is 14.7 Å². The first-order valence-corrected chi connectivity index (χ1v) is 9.11. The molecule has 152 valence electrons. The Hall–Kier alpha value is -1.77. The van der Waals surface area contributed by atoms with Gasteiger partial charge in [0, 0.05) is 24.4 Å². The minimum absolute atomic E-state index is 0.0608. The lowest BCUT2D eigenvalue weighted by Gasteiger charge is -2.35. The standard InChI is InChI=1S/C18H26F3N3O3/c1-11-7-13-12(8-23(11)15(26)27-16(2,3)4)14-18(20,21)6-5-17(19,10-25)9-24(14)22-13/h11,25H,5-10H2,1-4H3/t11-,17-/m1/s1. The normalized spacial score (nSPS) is 27.6. The van der Waals surface area contributed by atoms with Crippen LogP contribution in [-0.2, 0) is 30.2 Å². The Morgan fingerprint density at radius 2 is 2.00 bits per heavy atom. The summed E-state index contributed by atoms with van der Waals surface area (Å²) >= 11 is 0. The number of hydrogen-bond acceptors (Lipinski definition) is 4. The average molecular weight is 389 g/mol. The van der Waals surface area contributed by atoms with Crippen molar-refractivity contribution in [3.63, 3.8) is 0 Å². The summed E-state index contributed by atoms with van der Waals surface area (Å²) in [7, 11) is 0. The van der Waals surface area contributed by atoms with Crippen LogP contribution in [0.2, 0.25) is 0 Å². The van der Waals surface area contributed by atoms with Crippen LogP contribution in [0.3, 0.4) is 0 Å². The average Bonchev–Trinajstić information content (AvgIpc) is 2.83. The first kappa shape index (κ1) is 20.0. The van der Waals surface area contributed by atoms with Crippen LogP contribution in [0.5, 0.6) is 0 Å². The first-order valence-electron chi connectivity index (χ1n) is 9.11. The number of carbonyl (C=O) groups excluding carboxylic acids is 1. The smallest absolute Gasteiger partial charge is 0.410 e. The zero-order chi connectivity index (χ0) is 20.2. The van der Waals surface area contributed by atoms with Gasteiger partial charge in [-0.05, 0) is 34.1 Å². The van der Waals surface area contributed by atoms with Crippen LogP contribution in [0.1, 0.15) is 57.5 Å². The summed E-state index contributed by atoms with van der Waals surface area (Å²) in [6, 6.07) is -0.284. The van der Waals surface area contributed by atoms with E-state index in [0.717, 1.165) is 4.68 Å². The van der Waals surface area contributed by atoms with Crippen molar-refractivity contribution in [2.45, 2.75) is 83.3 Å². The van der Waals surface area contributed by atoms with Crippen molar-refractivity contribution in [1.82, 2.24) is 14.7 Å². The van der Waals surface area contributed by atoms with Crippen LogP contribution in [0.25, 0.3) is 0 Å². The third-order valence-electron chi connectivity index (χ3n) is 5.06. The fraction of sp³-hybridized carbons (Fsp3) is 0.778. The molecule has 0 fully saturated rings. The number of rotatable bonds is 1. The van der Waals surface area contributed by atoms with Gasteiger partial charge in [0.1, 0.15) is 11.3 Å². The van der Waals surface area contributed by atoms with E-state index >= 15 is 0 Å². The van der Waals surface area contributed by atoms with Crippen LogP contribution >= 0.6 is 0 Å². The number of halogens is 3. The SMILES string of the molecule is C[C@@H]1Cc2nn3c(c2CN1C(=O)OC(C)(C)C)C(F)(F)CC[C@](F)(CO)C3. The van der Waals surface area contributed by atoms with Gasteiger partial charge in [-0.3, -0.25) is 4.68 Å². The molecular formula is C18H26F3N3O3. The maximum Gasteiger partial charge on any atom is 0.410 e. The Morgan fingerprint density at radius 3 is 2.59 bits per heavy atom. The van der Waals surface area contributed by atoms with Crippen molar-refractivity contribution in [3.8, 4) is 0 Å².